The third-order valence-electron chi connectivity index (χ3n) is 7.65. The number of rotatable bonds is 2. The third kappa shape index (κ3) is 2.83. The molecule has 2 heterocycles. The Morgan fingerprint density at radius 2 is 2.08 bits per heavy atom. The van der Waals surface area contributed by atoms with Crippen molar-refractivity contribution in [2.75, 3.05) is 19.6 Å². The maximum atomic E-state index is 12.6. The van der Waals surface area contributed by atoms with Crippen LogP contribution < -0.4 is 0 Å². The van der Waals surface area contributed by atoms with Crippen molar-refractivity contribution >= 4 is 5.97 Å². The number of allylic oxidation sites excluding steroid dienone is 1. The Bertz CT molecular complexity index is 522. The number of fused-ring (bicyclic) bond motifs is 2. The Morgan fingerprint density at radius 1 is 1.33 bits per heavy atom. The van der Waals surface area contributed by atoms with Gasteiger partial charge in [-0.15, -0.1) is 0 Å². The molecule has 3 heteroatoms. The molecule has 2 saturated heterocycles. The van der Waals surface area contributed by atoms with Gasteiger partial charge in [0.1, 0.15) is 6.10 Å². The number of carbonyl (C=O) groups is 1. The van der Waals surface area contributed by atoms with Gasteiger partial charge in [0.2, 0.25) is 0 Å². The van der Waals surface area contributed by atoms with Gasteiger partial charge in [-0.1, -0.05) is 26.0 Å². The van der Waals surface area contributed by atoms with Crippen LogP contribution in [0.25, 0.3) is 0 Å². The third-order valence-corrected chi connectivity index (χ3v) is 7.65. The molecule has 2 aliphatic heterocycles. The standard InChI is InChI=1S/C21H33NO2/c1-14-6-9-22(10-7-14)13-17-16-11-18-15(2)5-4-8-21(18,3)12-19(16)24-20(17)23/h14,16-19H,2,4-13H2,1,3H3/t16-,17?,18+,19-,21-/m1/s1. The summed E-state index contributed by atoms with van der Waals surface area (Å²) in [4.78, 5) is 15.1. The molecule has 4 aliphatic rings. The number of esters is 1. The second kappa shape index (κ2) is 6.16. The predicted octanol–water partition coefficient (Wildman–Crippen LogP) is 4.03. The van der Waals surface area contributed by atoms with Gasteiger partial charge >= 0.3 is 5.97 Å². The molecular weight excluding hydrogens is 298 g/mol. The topological polar surface area (TPSA) is 29.5 Å². The fourth-order valence-corrected chi connectivity index (χ4v) is 5.99. The van der Waals surface area contributed by atoms with Crippen LogP contribution in [0.15, 0.2) is 12.2 Å². The number of piperidine rings is 1. The first-order valence-electron chi connectivity index (χ1n) is 10.1. The second-order valence-electron chi connectivity index (χ2n) is 9.39. The summed E-state index contributed by atoms with van der Waals surface area (Å²) >= 11 is 0. The van der Waals surface area contributed by atoms with E-state index in [1.807, 2.05) is 0 Å². The second-order valence-corrected chi connectivity index (χ2v) is 9.39. The summed E-state index contributed by atoms with van der Waals surface area (Å²) in [5.74, 6) is 2.04. The van der Waals surface area contributed by atoms with Gasteiger partial charge in [-0.2, -0.15) is 0 Å². The Hall–Kier alpha value is -0.830. The van der Waals surface area contributed by atoms with Crippen LogP contribution in [0.5, 0.6) is 0 Å². The Kier molecular flexibility index (Phi) is 4.27. The van der Waals surface area contributed by atoms with Crippen molar-refractivity contribution in [3.8, 4) is 0 Å². The summed E-state index contributed by atoms with van der Waals surface area (Å²) in [6, 6.07) is 0. The SMILES string of the molecule is C=C1CCC[C@]2(C)C[C@H]3OC(=O)C(CN4CCC(C)CC4)[C@H]3C[C@@H]12. The normalized spacial score (nSPS) is 44.1. The molecule has 134 valence electrons. The van der Waals surface area contributed by atoms with E-state index in [1.54, 1.807) is 0 Å². The molecule has 2 saturated carbocycles. The van der Waals surface area contributed by atoms with Gasteiger partial charge in [-0.05, 0) is 75.3 Å². The minimum Gasteiger partial charge on any atom is -0.462 e. The summed E-state index contributed by atoms with van der Waals surface area (Å²) in [5, 5.41) is 0. The van der Waals surface area contributed by atoms with Crippen molar-refractivity contribution < 1.29 is 9.53 Å². The molecule has 0 spiro atoms. The zero-order chi connectivity index (χ0) is 16.9. The Balaban J connectivity index is 1.47. The fourth-order valence-electron chi connectivity index (χ4n) is 5.99. The highest BCUT2D eigenvalue weighted by Gasteiger charge is 2.55. The van der Waals surface area contributed by atoms with Crippen LogP contribution in [0.4, 0.5) is 0 Å². The summed E-state index contributed by atoms with van der Waals surface area (Å²) in [7, 11) is 0. The van der Waals surface area contributed by atoms with Gasteiger partial charge in [0.15, 0.2) is 0 Å². The lowest BCUT2D eigenvalue weighted by Gasteiger charge is -2.50. The zero-order valence-electron chi connectivity index (χ0n) is 15.4. The molecule has 4 rings (SSSR count). The van der Waals surface area contributed by atoms with Gasteiger partial charge in [-0.3, -0.25) is 4.79 Å². The molecule has 1 unspecified atom stereocenters. The van der Waals surface area contributed by atoms with E-state index in [9.17, 15) is 4.79 Å². The minimum absolute atomic E-state index is 0.0801. The number of hydrogen-bond donors (Lipinski definition) is 0. The molecule has 0 bridgehead atoms. The number of ether oxygens (including phenoxy) is 1. The number of likely N-dealkylation sites (tertiary alicyclic amines) is 1. The summed E-state index contributed by atoms with van der Waals surface area (Å²) < 4.78 is 5.89. The van der Waals surface area contributed by atoms with E-state index < -0.39 is 0 Å². The van der Waals surface area contributed by atoms with Gasteiger partial charge in [0.25, 0.3) is 0 Å². The van der Waals surface area contributed by atoms with Crippen molar-refractivity contribution in [1.82, 2.24) is 4.90 Å². The smallest absolute Gasteiger partial charge is 0.310 e. The maximum Gasteiger partial charge on any atom is 0.310 e. The van der Waals surface area contributed by atoms with E-state index in [-0.39, 0.29) is 18.0 Å². The van der Waals surface area contributed by atoms with Crippen molar-refractivity contribution in [3.05, 3.63) is 12.2 Å². The molecular formula is C21H33NO2. The Labute approximate surface area is 146 Å². The molecule has 5 atom stereocenters. The van der Waals surface area contributed by atoms with E-state index in [0.29, 0.717) is 17.3 Å². The molecule has 0 radical (unpaired) electrons. The van der Waals surface area contributed by atoms with Crippen molar-refractivity contribution in [3.63, 3.8) is 0 Å². The predicted molar refractivity (Wildman–Crippen MR) is 95.5 cm³/mol. The van der Waals surface area contributed by atoms with Gasteiger partial charge in [-0.25, -0.2) is 0 Å². The highest BCUT2D eigenvalue weighted by molar-refractivity contribution is 5.75. The average molecular weight is 332 g/mol. The monoisotopic (exact) mass is 331 g/mol. The lowest BCUT2D eigenvalue weighted by molar-refractivity contribution is -0.146. The van der Waals surface area contributed by atoms with Crippen molar-refractivity contribution in [1.29, 1.82) is 0 Å². The molecule has 24 heavy (non-hydrogen) atoms. The molecule has 0 aromatic rings. The van der Waals surface area contributed by atoms with Crippen molar-refractivity contribution in [2.45, 2.75) is 64.9 Å². The molecule has 0 N–H and O–H groups in total. The van der Waals surface area contributed by atoms with Gasteiger partial charge in [0.05, 0.1) is 5.92 Å². The van der Waals surface area contributed by atoms with Crippen molar-refractivity contribution in [2.24, 2.45) is 29.1 Å². The fraction of sp³-hybridized carbons (Fsp3) is 0.857. The maximum absolute atomic E-state index is 12.6. The molecule has 0 aromatic carbocycles. The van der Waals surface area contributed by atoms with Crippen LogP contribution in [0, 0.1) is 29.1 Å². The summed E-state index contributed by atoms with van der Waals surface area (Å²) in [6.45, 7) is 12.4. The first-order chi connectivity index (χ1) is 11.5. The lowest BCUT2D eigenvalue weighted by Crippen LogP contribution is -2.46. The quantitative estimate of drug-likeness (QED) is 0.565. The molecule has 2 aliphatic carbocycles. The van der Waals surface area contributed by atoms with Crippen LogP contribution in [0.2, 0.25) is 0 Å². The highest BCUT2D eigenvalue weighted by atomic mass is 16.6. The van der Waals surface area contributed by atoms with Crippen LogP contribution in [-0.4, -0.2) is 36.6 Å². The number of hydrogen-bond acceptors (Lipinski definition) is 3. The van der Waals surface area contributed by atoms with E-state index >= 15 is 0 Å². The van der Waals surface area contributed by atoms with Crippen LogP contribution in [0.1, 0.15) is 58.8 Å². The first-order valence-corrected chi connectivity index (χ1v) is 10.1. The van der Waals surface area contributed by atoms with Crippen LogP contribution in [-0.2, 0) is 9.53 Å². The van der Waals surface area contributed by atoms with Gasteiger partial charge in [0, 0.05) is 12.5 Å². The number of carbonyl (C=O) groups excluding carboxylic acids is 1. The minimum atomic E-state index is 0.0801. The van der Waals surface area contributed by atoms with E-state index in [0.717, 1.165) is 38.4 Å². The van der Waals surface area contributed by atoms with Gasteiger partial charge < -0.3 is 9.64 Å². The molecule has 3 nitrogen and oxygen atoms in total. The molecule has 0 aromatic heterocycles. The summed E-state index contributed by atoms with van der Waals surface area (Å²) in [5.41, 5.74) is 1.75. The molecule has 0 amide bonds. The summed E-state index contributed by atoms with van der Waals surface area (Å²) in [6.07, 6.45) is 8.60. The first kappa shape index (κ1) is 16.6. The van der Waals surface area contributed by atoms with E-state index in [4.69, 9.17) is 4.74 Å². The van der Waals surface area contributed by atoms with Crippen LogP contribution in [0.3, 0.4) is 0 Å². The molecule has 4 fully saturated rings. The van der Waals surface area contributed by atoms with E-state index in [1.165, 1.54) is 37.7 Å². The average Bonchev–Trinajstić information content (AvgIpc) is 2.82. The number of nitrogens with zero attached hydrogens (tertiary/aromatic N) is 1. The zero-order valence-corrected chi connectivity index (χ0v) is 15.4. The Morgan fingerprint density at radius 3 is 2.83 bits per heavy atom. The van der Waals surface area contributed by atoms with E-state index in [2.05, 4.69) is 25.3 Å². The largest absolute Gasteiger partial charge is 0.462 e. The highest BCUT2D eigenvalue weighted by Crippen LogP contribution is 2.56. The van der Waals surface area contributed by atoms with Crippen LogP contribution >= 0.6 is 0 Å². The lowest BCUT2D eigenvalue weighted by atomic mass is 9.55.